The van der Waals surface area contributed by atoms with Crippen molar-refractivity contribution in [2.24, 2.45) is 0 Å². The van der Waals surface area contributed by atoms with Gasteiger partial charge in [-0.25, -0.2) is 4.79 Å². The molecule has 2 amide bonds. The number of ether oxygens (including phenoxy) is 1. The Morgan fingerprint density at radius 2 is 1.71 bits per heavy atom. The standard InChI is InChI=1S/C24H27N5O2/c1-3-18-8-4-6-10-20(18)25-24(30)29-16-14-28(15-17-29)23-13-12-21(26-27-23)19-9-5-7-11-22(19)31-2/h4-13H,3,14-17H2,1-2H3,(H,25,30). The minimum Gasteiger partial charge on any atom is -0.496 e. The number of nitrogens with one attached hydrogen (secondary N) is 1. The summed E-state index contributed by atoms with van der Waals surface area (Å²) in [4.78, 5) is 16.7. The normalized spacial score (nSPS) is 13.7. The Morgan fingerprint density at radius 3 is 2.42 bits per heavy atom. The van der Waals surface area contributed by atoms with Gasteiger partial charge < -0.3 is 19.9 Å². The van der Waals surface area contributed by atoms with Crippen LogP contribution in [-0.2, 0) is 6.42 Å². The number of methoxy groups -OCH3 is 1. The predicted molar refractivity (Wildman–Crippen MR) is 123 cm³/mol. The largest absolute Gasteiger partial charge is 0.496 e. The van der Waals surface area contributed by atoms with Crippen LogP contribution < -0.4 is 15.0 Å². The molecule has 31 heavy (non-hydrogen) atoms. The Balaban J connectivity index is 1.37. The molecule has 1 aromatic heterocycles. The van der Waals surface area contributed by atoms with Gasteiger partial charge in [0.1, 0.15) is 5.75 Å². The quantitative estimate of drug-likeness (QED) is 0.678. The Labute approximate surface area is 182 Å². The third-order valence-corrected chi connectivity index (χ3v) is 5.56. The molecule has 4 rings (SSSR count). The summed E-state index contributed by atoms with van der Waals surface area (Å²) in [5.41, 5.74) is 3.71. The van der Waals surface area contributed by atoms with Crippen LogP contribution in [0.1, 0.15) is 12.5 Å². The van der Waals surface area contributed by atoms with Crippen LogP contribution in [0.5, 0.6) is 5.75 Å². The van der Waals surface area contributed by atoms with Crippen LogP contribution in [0.25, 0.3) is 11.3 Å². The van der Waals surface area contributed by atoms with Crippen LogP contribution in [0.4, 0.5) is 16.3 Å². The minimum absolute atomic E-state index is 0.0573. The fourth-order valence-corrected chi connectivity index (χ4v) is 3.78. The molecule has 2 heterocycles. The maximum absolute atomic E-state index is 12.7. The van der Waals surface area contributed by atoms with E-state index in [1.54, 1.807) is 7.11 Å². The molecular weight excluding hydrogens is 390 g/mol. The molecule has 0 unspecified atom stereocenters. The van der Waals surface area contributed by atoms with E-state index in [9.17, 15) is 4.79 Å². The number of hydrogen-bond acceptors (Lipinski definition) is 5. The minimum atomic E-state index is -0.0573. The van der Waals surface area contributed by atoms with Crippen molar-refractivity contribution < 1.29 is 9.53 Å². The van der Waals surface area contributed by atoms with E-state index in [0.717, 1.165) is 40.5 Å². The fraction of sp³-hybridized carbons (Fsp3) is 0.292. The van der Waals surface area contributed by atoms with Crippen LogP contribution in [0.2, 0.25) is 0 Å². The number of rotatable bonds is 5. The Kier molecular flexibility index (Phi) is 6.31. The van der Waals surface area contributed by atoms with E-state index in [-0.39, 0.29) is 6.03 Å². The first-order valence-corrected chi connectivity index (χ1v) is 10.6. The van der Waals surface area contributed by atoms with Gasteiger partial charge in [-0.15, -0.1) is 10.2 Å². The van der Waals surface area contributed by atoms with Gasteiger partial charge in [0.25, 0.3) is 0 Å². The summed E-state index contributed by atoms with van der Waals surface area (Å²) in [5.74, 6) is 1.59. The lowest BCUT2D eigenvalue weighted by atomic mass is 10.1. The van der Waals surface area contributed by atoms with Crippen molar-refractivity contribution in [3.63, 3.8) is 0 Å². The third-order valence-electron chi connectivity index (χ3n) is 5.56. The highest BCUT2D eigenvalue weighted by molar-refractivity contribution is 5.90. The smallest absolute Gasteiger partial charge is 0.321 e. The number of anilines is 2. The number of hydrogen-bond donors (Lipinski definition) is 1. The van der Waals surface area contributed by atoms with Gasteiger partial charge in [-0.1, -0.05) is 37.3 Å². The number of carbonyl (C=O) groups excluding carboxylic acids is 1. The Hall–Kier alpha value is -3.61. The maximum atomic E-state index is 12.7. The second-order valence-corrected chi connectivity index (χ2v) is 7.39. The SMILES string of the molecule is CCc1ccccc1NC(=O)N1CCN(c2ccc(-c3ccccc3OC)nn2)CC1. The lowest BCUT2D eigenvalue weighted by Crippen LogP contribution is -2.50. The van der Waals surface area contributed by atoms with Gasteiger partial charge in [0.2, 0.25) is 0 Å². The molecule has 0 radical (unpaired) electrons. The topological polar surface area (TPSA) is 70.6 Å². The molecule has 1 fully saturated rings. The first-order valence-electron chi connectivity index (χ1n) is 10.6. The third kappa shape index (κ3) is 4.60. The van der Waals surface area contributed by atoms with Crippen molar-refractivity contribution in [1.82, 2.24) is 15.1 Å². The van der Waals surface area contributed by atoms with Gasteiger partial charge in [0.05, 0.1) is 12.8 Å². The molecule has 0 spiro atoms. The average Bonchev–Trinajstić information content (AvgIpc) is 2.84. The van der Waals surface area contributed by atoms with E-state index in [4.69, 9.17) is 4.74 Å². The second kappa shape index (κ2) is 9.47. The van der Waals surface area contributed by atoms with Gasteiger partial charge >= 0.3 is 6.03 Å². The van der Waals surface area contributed by atoms with Crippen molar-refractivity contribution in [2.45, 2.75) is 13.3 Å². The number of piperazine rings is 1. The van der Waals surface area contributed by atoms with E-state index >= 15 is 0 Å². The molecule has 0 atom stereocenters. The van der Waals surface area contributed by atoms with Gasteiger partial charge in [-0.3, -0.25) is 0 Å². The zero-order valence-electron chi connectivity index (χ0n) is 17.9. The van der Waals surface area contributed by atoms with Crippen molar-refractivity contribution in [2.75, 3.05) is 43.5 Å². The summed E-state index contributed by atoms with van der Waals surface area (Å²) in [6, 6.07) is 19.6. The first-order chi connectivity index (χ1) is 15.2. The molecule has 1 aliphatic rings. The van der Waals surface area contributed by atoms with Crippen LogP contribution in [-0.4, -0.2) is 54.4 Å². The summed E-state index contributed by atoms with van der Waals surface area (Å²) in [6.45, 7) is 4.78. The second-order valence-electron chi connectivity index (χ2n) is 7.39. The van der Waals surface area contributed by atoms with Crippen LogP contribution >= 0.6 is 0 Å². The summed E-state index contributed by atoms with van der Waals surface area (Å²) in [5, 5.41) is 11.9. The molecule has 3 aromatic rings. The monoisotopic (exact) mass is 417 g/mol. The van der Waals surface area contributed by atoms with Crippen molar-refractivity contribution in [3.8, 4) is 17.0 Å². The first kappa shape index (κ1) is 20.7. The molecule has 0 bridgehead atoms. The van der Waals surface area contributed by atoms with Crippen molar-refractivity contribution in [1.29, 1.82) is 0 Å². The molecule has 1 saturated heterocycles. The number of urea groups is 1. The van der Waals surface area contributed by atoms with E-state index in [1.165, 1.54) is 0 Å². The van der Waals surface area contributed by atoms with E-state index in [2.05, 4.69) is 27.3 Å². The number of benzene rings is 2. The number of nitrogens with zero attached hydrogens (tertiary/aromatic N) is 4. The van der Waals surface area contributed by atoms with E-state index in [1.807, 2.05) is 65.6 Å². The number of carbonyl (C=O) groups is 1. The van der Waals surface area contributed by atoms with Crippen molar-refractivity contribution >= 4 is 17.5 Å². The van der Waals surface area contributed by atoms with Gasteiger partial charge in [0, 0.05) is 37.4 Å². The van der Waals surface area contributed by atoms with Crippen molar-refractivity contribution in [3.05, 3.63) is 66.2 Å². The molecule has 7 nitrogen and oxygen atoms in total. The highest BCUT2D eigenvalue weighted by Crippen LogP contribution is 2.28. The number of para-hydroxylation sites is 2. The highest BCUT2D eigenvalue weighted by Gasteiger charge is 2.22. The molecular formula is C24H27N5O2. The maximum Gasteiger partial charge on any atom is 0.321 e. The number of aromatic nitrogens is 2. The van der Waals surface area contributed by atoms with Gasteiger partial charge in [-0.05, 0) is 42.3 Å². The summed E-state index contributed by atoms with van der Waals surface area (Å²) in [7, 11) is 1.65. The zero-order chi connectivity index (χ0) is 21.6. The van der Waals surface area contributed by atoms with Crippen LogP contribution in [0.15, 0.2) is 60.7 Å². The summed E-state index contributed by atoms with van der Waals surface area (Å²) in [6.07, 6.45) is 0.883. The van der Waals surface area contributed by atoms with E-state index in [0.29, 0.717) is 26.2 Å². The van der Waals surface area contributed by atoms with Crippen LogP contribution in [0, 0.1) is 0 Å². The molecule has 0 aliphatic carbocycles. The Bertz CT molecular complexity index is 1030. The molecule has 7 heteroatoms. The zero-order valence-corrected chi connectivity index (χ0v) is 17.9. The van der Waals surface area contributed by atoms with Gasteiger partial charge in [0.15, 0.2) is 5.82 Å². The highest BCUT2D eigenvalue weighted by atomic mass is 16.5. The molecule has 0 saturated carbocycles. The molecule has 160 valence electrons. The summed E-state index contributed by atoms with van der Waals surface area (Å²) < 4.78 is 5.42. The van der Waals surface area contributed by atoms with Crippen LogP contribution in [0.3, 0.4) is 0 Å². The predicted octanol–water partition coefficient (Wildman–Crippen LogP) is 4.07. The van der Waals surface area contributed by atoms with E-state index < -0.39 is 0 Å². The lowest BCUT2D eigenvalue weighted by molar-refractivity contribution is 0.208. The number of aryl methyl sites for hydroxylation is 1. The molecule has 1 N–H and O–H groups in total. The fourth-order valence-electron chi connectivity index (χ4n) is 3.78. The number of amides is 2. The summed E-state index contributed by atoms with van der Waals surface area (Å²) >= 11 is 0. The lowest BCUT2D eigenvalue weighted by Gasteiger charge is -2.35. The Morgan fingerprint density at radius 1 is 0.968 bits per heavy atom. The molecule has 1 aliphatic heterocycles. The molecule has 2 aromatic carbocycles. The average molecular weight is 418 g/mol. The van der Waals surface area contributed by atoms with Gasteiger partial charge in [-0.2, -0.15) is 0 Å².